The Morgan fingerprint density at radius 1 is 1.11 bits per heavy atom. The highest BCUT2D eigenvalue weighted by Crippen LogP contribution is 2.15. The van der Waals surface area contributed by atoms with Gasteiger partial charge < -0.3 is 10.2 Å². The molecule has 1 N–H and O–H groups in total. The van der Waals surface area contributed by atoms with Gasteiger partial charge in [0.05, 0.1) is 11.7 Å². The molecule has 0 spiro atoms. The minimum absolute atomic E-state index is 0.00892. The molecule has 1 aromatic carbocycles. The number of piperazine rings is 1. The molecule has 28 heavy (non-hydrogen) atoms. The fourth-order valence-corrected chi connectivity index (χ4v) is 3.42. The Hall–Kier alpha value is -2.66. The number of nitrogens with one attached hydrogen (secondary N) is 1. The fraction of sp³-hybridized carbons (Fsp3) is 0.391. The molecule has 0 bridgehead atoms. The number of pyridine rings is 1. The highest BCUT2D eigenvalue weighted by molar-refractivity contribution is 5.74. The largest absolute Gasteiger partial charge is 0.330 e. The normalized spacial score (nSPS) is 16.3. The summed E-state index contributed by atoms with van der Waals surface area (Å²) < 4.78 is 0. The Balaban J connectivity index is 1.46. The van der Waals surface area contributed by atoms with Crippen LogP contribution in [0.2, 0.25) is 0 Å². The van der Waals surface area contributed by atoms with Gasteiger partial charge in [0, 0.05) is 38.4 Å². The van der Waals surface area contributed by atoms with Crippen LogP contribution in [0.3, 0.4) is 0 Å². The lowest BCUT2D eigenvalue weighted by Crippen LogP contribution is -2.52. The molecule has 0 unspecified atom stereocenters. The average molecular weight is 379 g/mol. The van der Waals surface area contributed by atoms with Gasteiger partial charge in [-0.1, -0.05) is 55.5 Å². The summed E-state index contributed by atoms with van der Waals surface area (Å²) >= 11 is 0. The number of carbonyl (C=O) groups is 1. The Labute approximate surface area is 168 Å². The van der Waals surface area contributed by atoms with Crippen molar-refractivity contribution in [3.8, 4) is 0 Å². The van der Waals surface area contributed by atoms with Crippen LogP contribution in [0.1, 0.15) is 36.3 Å². The van der Waals surface area contributed by atoms with Gasteiger partial charge in [0.1, 0.15) is 0 Å². The molecule has 3 rings (SSSR count). The van der Waals surface area contributed by atoms with Gasteiger partial charge >= 0.3 is 6.03 Å². The summed E-state index contributed by atoms with van der Waals surface area (Å²) in [7, 11) is 0. The highest BCUT2D eigenvalue weighted by atomic mass is 16.2. The van der Waals surface area contributed by atoms with Crippen LogP contribution in [0.25, 0.3) is 6.08 Å². The van der Waals surface area contributed by atoms with E-state index in [4.69, 9.17) is 0 Å². The van der Waals surface area contributed by atoms with Crippen molar-refractivity contribution >= 4 is 12.1 Å². The second-order valence-corrected chi connectivity index (χ2v) is 7.21. The van der Waals surface area contributed by atoms with E-state index in [1.807, 2.05) is 48.2 Å². The Kier molecular flexibility index (Phi) is 7.20. The van der Waals surface area contributed by atoms with Crippen molar-refractivity contribution in [3.63, 3.8) is 0 Å². The molecule has 2 amide bonds. The minimum Gasteiger partial charge on any atom is -0.330 e. The predicted molar refractivity (Wildman–Crippen MR) is 114 cm³/mol. The molecule has 5 nitrogen and oxygen atoms in total. The maximum absolute atomic E-state index is 12.7. The zero-order valence-electron chi connectivity index (χ0n) is 16.8. The number of hydrogen-bond acceptors (Lipinski definition) is 3. The van der Waals surface area contributed by atoms with Crippen molar-refractivity contribution in [2.75, 3.05) is 32.7 Å². The maximum Gasteiger partial charge on any atom is 0.318 e. The first-order valence-electron chi connectivity index (χ1n) is 10.1. The summed E-state index contributed by atoms with van der Waals surface area (Å²) in [6.45, 7) is 8.26. The van der Waals surface area contributed by atoms with Gasteiger partial charge in [-0.05, 0) is 31.0 Å². The SMILES string of the molecule is CC[C@H](NC(=O)N1CCN(C/C=C/c2ccccc2)CC1)c1cccc(C)n1. The Morgan fingerprint density at radius 3 is 2.54 bits per heavy atom. The maximum atomic E-state index is 12.7. The molecule has 0 saturated carbocycles. The number of rotatable bonds is 6. The third-order valence-electron chi connectivity index (χ3n) is 5.11. The Morgan fingerprint density at radius 2 is 1.86 bits per heavy atom. The van der Waals surface area contributed by atoms with Crippen LogP contribution in [0.4, 0.5) is 4.79 Å². The van der Waals surface area contributed by atoms with Crippen LogP contribution in [-0.4, -0.2) is 53.5 Å². The number of urea groups is 1. The third kappa shape index (κ3) is 5.67. The zero-order valence-corrected chi connectivity index (χ0v) is 16.8. The standard InChI is InChI=1S/C23H30N4O/c1-3-21(22-13-7-9-19(2)24-22)25-23(28)27-17-15-26(16-18-27)14-8-12-20-10-5-4-6-11-20/h4-13,21H,3,14-18H2,1-2H3,(H,25,28)/b12-8+/t21-/m0/s1. The number of aromatic nitrogens is 1. The number of carbonyl (C=O) groups excluding carboxylic acids is 1. The number of aryl methyl sites for hydroxylation is 1. The topological polar surface area (TPSA) is 48.5 Å². The van der Waals surface area contributed by atoms with Crippen molar-refractivity contribution in [1.29, 1.82) is 0 Å². The van der Waals surface area contributed by atoms with Crippen molar-refractivity contribution < 1.29 is 4.79 Å². The first-order chi connectivity index (χ1) is 13.7. The van der Waals surface area contributed by atoms with Crippen LogP contribution >= 0.6 is 0 Å². The predicted octanol–water partition coefficient (Wildman–Crippen LogP) is 3.88. The van der Waals surface area contributed by atoms with E-state index in [0.717, 1.165) is 50.5 Å². The number of amides is 2. The van der Waals surface area contributed by atoms with Gasteiger partial charge in [-0.3, -0.25) is 9.88 Å². The highest BCUT2D eigenvalue weighted by Gasteiger charge is 2.23. The van der Waals surface area contributed by atoms with E-state index < -0.39 is 0 Å². The zero-order chi connectivity index (χ0) is 19.8. The van der Waals surface area contributed by atoms with Crippen LogP contribution in [0.15, 0.2) is 54.6 Å². The van der Waals surface area contributed by atoms with E-state index in [9.17, 15) is 4.79 Å². The number of nitrogens with zero attached hydrogens (tertiary/aromatic N) is 3. The molecular formula is C23H30N4O. The van der Waals surface area contributed by atoms with Crippen LogP contribution in [0, 0.1) is 6.92 Å². The van der Waals surface area contributed by atoms with Crippen LogP contribution in [-0.2, 0) is 0 Å². The summed E-state index contributed by atoms with van der Waals surface area (Å²) in [5.41, 5.74) is 3.12. The van der Waals surface area contributed by atoms with E-state index in [-0.39, 0.29) is 12.1 Å². The van der Waals surface area contributed by atoms with Gasteiger partial charge in [0.2, 0.25) is 0 Å². The van der Waals surface area contributed by atoms with Crippen LogP contribution < -0.4 is 5.32 Å². The average Bonchev–Trinajstić information content (AvgIpc) is 2.73. The van der Waals surface area contributed by atoms with Gasteiger partial charge in [0.25, 0.3) is 0 Å². The van der Waals surface area contributed by atoms with E-state index in [0.29, 0.717) is 0 Å². The molecular weight excluding hydrogens is 348 g/mol. The second-order valence-electron chi connectivity index (χ2n) is 7.21. The van der Waals surface area contributed by atoms with Crippen LogP contribution in [0.5, 0.6) is 0 Å². The molecule has 1 fully saturated rings. The first-order valence-corrected chi connectivity index (χ1v) is 10.1. The van der Waals surface area contributed by atoms with E-state index >= 15 is 0 Å². The molecule has 1 atom stereocenters. The number of benzene rings is 1. The molecule has 2 heterocycles. The Bertz CT molecular complexity index is 782. The lowest BCUT2D eigenvalue weighted by Gasteiger charge is -2.35. The van der Waals surface area contributed by atoms with Crippen molar-refractivity contribution in [1.82, 2.24) is 20.1 Å². The quantitative estimate of drug-likeness (QED) is 0.830. The second kappa shape index (κ2) is 10.0. The first kappa shape index (κ1) is 20.1. The third-order valence-corrected chi connectivity index (χ3v) is 5.11. The summed E-state index contributed by atoms with van der Waals surface area (Å²) in [4.78, 5) is 21.5. The summed E-state index contributed by atoms with van der Waals surface area (Å²) in [6, 6.07) is 16.3. The number of hydrogen-bond donors (Lipinski definition) is 1. The molecule has 5 heteroatoms. The molecule has 148 valence electrons. The molecule has 1 saturated heterocycles. The molecule has 1 aromatic heterocycles. The van der Waals surface area contributed by atoms with E-state index in [2.05, 4.69) is 46.4 Å². The van der Waals surface area contributed by atoms with Crippen molar-refractivity contribution in [2.45, 2.75) is 26.3 Å². The van der Waals surface area contributed by atoms with Gasteiger partial charge in [0.15, 0.2) is 0 Å². The minimum atomic E-state index is -0.0424. The van der Waals surface area contributed by atoms with Gasteiger partial charge in [-0.2, -0.15) is 0 Å². The molecule has 0 radical (unpaired) electrons. The van der Waals surface area contributed by atoms with Crippen molar-refractivity contribution in [3.05, 3.63) is 71.6 Å². The summed E-state index contributed by atoms with van der Waals surface area (Å²) in [5.74, 6) is 0. The molecule has 1 aliphatic rings. The fourth-order valence-electron chi connectivity index (χ4n) is 3.42. The van der Waals surface area contributed by atoms with E-state index in [1.54, 1.807) is 0 Å². The lowest BCUT2D eigenvalue weighted by molar-refractivity contribution is 0.144. The van der Waals surface area contributed by atoms with Gasteiger partial charge in [-0.25, -0.2) is 4.79 Å². The lowest BCUT2D eigenvalue weighted by atomic mass is 10.1. The van der Waals surface area contributed by atoms with Crippen molar-refractivity contribution in [2.24, 2.45) is 0 Å². The monoisotopic (exact) mass is 378 g/mol. The smallest absolute Gasteiger partial charge is 0.318 e. The van der Waals surface area contributed by atoms with E-state index in [1.165, 1.54) is 5.56 Å². The summed E-state index contributed by atoms with van der Waals surface area (Å²) in [6.07, 6.45) is 5.17. The molecule has 1 aliphatic heterocycles. The summed E-state index contributed by atoms with van der Waals surface area (Å²) in [5, 5.41) is 3.15. The molecule has 0 aliphatic carbocycles. The molecule has 2 aromatic rings. The van der Waals surface area contributed by atoms with Gasteiger partial charge in [-0.15, -0.1) is 0 Å².